The van der Waals surface area contributed by atoms with Gasteiger partial charge in [0.05, 0.1) is 55.8 Å². The molecule has 0 fully saturated rings. The Labute approximate surface area is 545 Å². The Morgan fingerprint density at radius 2 is 0.553 bits per heavy atom. The van der Waals surface area contributed by atoms with Crippen molar-refractivity contribution in [2.75, 3.05) is 9.80 Å². The van der Waals surface area contributed by atoms with Gasteiger partial charge in [0.15, 0.2) is 0 Å². The minimum absolute atomic E-state index is 0.189. The Morgan fingerprint density at radius 1 is 0.245 bits per heavy atom. The molecule has 4 heteroatoms. The predicted octanol–water partition coefficient (Wildman–Crippen LogP) is 25.5. The predicted molar refractivity (Wildman–Crippen MR) is 403 cm³/mol. The number of nitrogens with zero attached hydrogens (tertiary/aromatic N) is 4. The molecule has 0 saturated carbocycles. The van der Waals surface area contributed by atoms with Crippen LogP contribution in [0.15, 0.2) is 291 Å². The smallest absolute Gasteiger partial charge is 0.0641 e. The first kappa shape index (κ1) is 54.3. The SMILES string of the molecule is CC(C)(C)c1cccc2c3c(N(c4ccccc4)c4c(-c5ccccc5)c5ccccc5c5ccccc45)ccc4c5cc6c(cc5n(c12)c43)c1ccc(N(c2ccccc2)c2c(-c3ccccc3)c3ccccc3c3ccccc23)c2c3cccc(C(C)(C)C)c3n6c12. The first-order chi connectivity index (χ1) is 46.0. The zero-order valence-corrected chi connectivity index (χ0v) is 53.5. The van der Waals surface area contributed by atoms with E-state index >= 15 is 0 Å². The molecule has 0 saturated heterocycles. The number of benzene rings is 15. The van der Waals surface area contributed by atoms with Gasteiger partial charge in [-0.1, -0.05) is 284 Å². The standard InChI is InChI=1S/C90H66N4/c1-89(2,3)73-47-27-45-69-81-75(91(57-33-15-9-16-34-57)85-65-43-25-21-39-61(65)59-37-19-23-41-63(59)79(85)55-29-11-7-12-30-55)51-49-67-71-54-78-72(53-77(71)93(83(69)73)87(67)81)68-50-52-76(82-70-46-28-48-74(90(4,5)6)84(70)94(78)88(68)82)92(58-35-17-10-18-36-58)86-66-44-26-22-40-62(66)60-38-20-24-42-64(60)80(86)56-31-13-8-14-32-56/h7-54H,1-6H3. The maximum absolute atomic E-state index is 2.67. The summed E-state index contributed by atoms with van der Waals surface area (Å²) < 4.78 is 5.34. The molecule has 0 N–H and O–H groups in total. The van der Waals surface area contributed by atoms with Crippen LogP contribution in [0.25, 0.3) is 142 Å². The van der Waals surface area contributed by atoms with Gasteiger partial charge < -0.3 is 18.6 Å². The Morgan fingerprint density at radius 3 is 0.915 bits per heavy atom. The average Bonchev–Trinajstić information content (AvgIpc) is 1.50. The third kappa shape index (κ3) is 7.62. The minimum atomic E-state index is -0.189. The van der Waals surface area contributed by atoms with Crippen molar-refractivity contribution >= 4 is 153 Å². The monoisotopic (exact) mass is 1200 g/mol. The Balaban J connectivity index is 0.956. The third-order valence-electron chi connectivity index (χ3n) is 20.5. The number of anilines is 6. The molecule has 4 heterocycles. The van der Waals surface area contributed by atoms with Gasteiger partial charge in [0.1, 0.15) is 0 Å². The minimum Gasteiger partial charge on any atom is -0.309 e. The zero-order valence-electron chi connectivity index (χ0n) is 53.5. The number of hydrogen-bond acceptors (Lipinski definition) is 2. The second-order valence-corrected chi connectivity index (χ2v) is 27.9. The van der Waals surface area contributed by atoms with Crippen molar-refractivity contribution in [2.24, 2.45) is 0 Å². The van der Waals surface area contributed by atoms with E-state index in [0.29, 0.717) is 0 Å². The first-order valence-corrected chi connectivity index (χ1v) is 33.1. The quantitative estimate of drug-likeness (QED) is 0.141. The van der Waals surface area contributed by atoms with Gasteiger partial charge in [-0.15, -0.1) is 0 Å². The summed E-state index contributed by atoms with van der Waals surface area (Å²) in [6.07, 6.45) is 0. The number of hydrogen-bond donors (Lipinski definition) is 0. The van der Waals surface area contributed by atoms with E-state index in [4.69, 9.17) is 0 Å². The molecular formula is C90H66N4. The fourth-order valence-electron chi connectivity index (χ4n) is 16.7. The summed E-state index contributed by atoms with van der Waals surface area (Å²) in [4.78, 5) is 5.19. The summed E-state index contributed by atoms with van der Waals surface area (Å²) in [5.74, 6) is 0. The van der Waals surface area contributed by atoms with E-state index in [0.717, 1.165) is 34.1 Å². The van der Waals surface area contributed by atoms with Crippen LogP contribution >= 0.6 is 0 Å². The van der Waals surface area contributed by atoms with Crippen LogP contribution in [-0.2, 0) is 10.8 Å². The van der Waals surface area contributed by atoms with Crippen LogP contribution < -0.4 is 9.80 Å². The molecule has 446 valence electrons. The van der Waals surface area contributed by atoms with Crippen molar-refractivity contribution < 1.29 is 0 Å². The van der Waals surface area contributed by atoms with Gasteiger partial charge in [0.25, 0.3) is 0 Å². The van der Waals surface area contributed by atoms with E-state index in [-0.39, 0.29) is 10.8 Å². The highest BCUT2D eigenvalue weighted by molar-refractivity contribution is 6.34. The van der Waals surface area contributed by atoms with Crippen LogP contribution in [0, 0.1) is 0 Å². The van der Waals surface area contributed by atoms with Gasteiger partial charge in [-0.3, -0.25) is 0 Å². The number of para-hydroxylation sites is 4. The van der Waals surface area contributed by atoms with Crippen molar-refractivity contribution in [1.82, 2.24) is 8.80 Å². The molecule has 19 rings (SSSR count). The van der Waals surface area contributed by atoms with E-state index in [9.17, 15) is 0 Å². The molecule has 0 aliphatic rings. The van der Waals surface area contributed by atoms with Crippen molar-refractivity contribution in [3.8, 4) is 22.3 Å². The molecule has 94 heavy (non-hydrogen) atoms. The van der Waals surface area contributed by atoms with Gasteiger partial charge >= 0.3 is 0 Å². The molecule has 0 atom stereocenters. The highest BCUT2D eigenvalue weighted by Crippen LogP contribution is 2.57. The lowest BCUT2D eigenvalue weighted by Gasteiger charge is -2.31. The Kier molecular flexibility index (Phi) is 11.6. The molecule has 19 aromatic rings. The second kappa shape index (κ2) is 20.0. The molecule has 0 unspecified atom stereocenters. The van der Waals surface area contributed by atoms with Gasteiger partial charge in [-0.2, -0.15) is 0 Å². The van der Waals surface area contributed by atoms with Gasteiger partial charge in [0, 0.05) is 76.4 Å². The van der Waals surface area contributed by atoms with Crippen LogP contribution in [0.2, 0.25) is 0 Å². The van der Waals surface area contributed by atoms with Crippen molar-refractivity contribution in [1.29, 1.82) is 0 Å². The van der Waals surface area contributed by atoms with E-state index in [1.54, 1.807) is 0 Å². The fourth-order valence-corrected chi connectivity index (χ4v) is 16.7. The van der Waals surface area contributed by atoms with E-state index in [2.05, 4.69) is 351 Å². The normalized spacial score (nSPS) is 12.6. The molecule has 0 bridgehead atoms. The highest BCUT2D eigenvalue weighted by atomic mass is 15.2. The van der Waals surface area contributed by atoms with Crippen LogP contribution in [0.3, 0.4) is 0 Å². The summed E-state index contributed by atoms with van der Waals surface area (Å²) in [7, 11) is 0. The van der Waals surface area contributed by atoms with E-state index in [1.807, 2.05) is 0 Å². The topological polar surface area (TPSA) is 15.3 Å². The second-order valence-electron chi connectivity index (χ2n) is 27.9. The Hall–Kier alpha value is -11.5. The van der Waals surface area contributed by atoms with E-state index < -0.39 is 0 Å². The van der Waals surface area contributed by atoms with Gasteiger partial charge in [-0.25, -0.2) is 0 Å². The van der Waals surface area contributed by atoms with Crippen LogP contribution in [0.5, 0.6) is 0 Å². The summed E-state index contributed by atoms with van der Waals surface area (Å²) in [5, 5.41) is 19.7. The molecule has 0 aliphatic heterocycles. The third-order valence-corrected chi connectivity index (χ3v) is 20.5. The molecule has 0 spiro atoms. The molecule has 0 amide bonds. The van der Waals surface area contributed by atoms with Gasteiger partial charge in [-0.05, 0) is 114 Å². The maximum atomic E-state index is 2.67. The lowest BCUT2D eigenvalue weighted by molar-refractivity contribution is 0.594. The lowest BCUT2D eigenvalue weighted by atomic mass is 9.85. The van der Waals surface area contributed by atoms with E-state index in [1.165, 1.54) is 153 Å². The van der Waals surface area contributed by atoms with Crippen molar-refractivity contribution in [2.45, 2.75) is 52.4 Å². The average molecular weight is 1200 g/mol. The summed E-state index contributed by atoms with van der Waals surface area (Å²) >= 11 is 0. The molecule has 0 aliphatic carbocycles. The molecule has 4 aromatic heterocycles. The zero-order chi connectivity index (χ0) is 62.9. The largest absolute Gasteiger partial charge is 0.309 e. The molecule has 4 nitrogen and oxygen atoms in total. The fraction of sp³-hybridized carbons (Fsp3) is 0.0889. The summed E-state index contributed by atoms with van der Waals surface area (Å²) in [6, 6.07) is 109. The molecule has 0 radical (unpaired) electrons. The molecule has 15 aromatic carbocycles. The lowest BCUT2D eigenvalue weighted by Crippen LogP contribution is -2.13. The summed E-state index contributed by atoms with van der Waals surface area (Å²) in [5.41, 5.74) is 21.2. The number of fused-ring (bicyclic) bond motifs is 18. The van der Waals surface area contributed by atoms with Gasteiger partial charge in [0.2, 0.25) is 0 Å². The maximum Gasteiger partial charge on any atom is 0.0641 e. The van der Waals surface area contributed by atoms with Crippen LogP contribution in [0.4, 0.5) is 34.1 Å². The first-order valence-electron chi connectivity index (χ1n) is 33.1. The van der Waals surface area contributed by atoms with Crippen LogP contribution in [-0.4, -0.2) is 8.80 Å². The van der Waals surface area contributed by atoms with Crippen molar-refractivity contribution in [3.63, 3.8) is 0 Å². The highest BCUT2D eigenvalue weighted by Gasteiger charge is 2.34. The number of rotatable bonds is 8. The van der Waals surface area contributed by atoms with Crippen molar-refractivity contribution in [3.05, 3.63) is 302 Å². The number of aromatic nitrogens is 2. The Bertz CT molecular complexity index is 5900. The molecular weight excluding hydrogens is 1140 g/mol. The van der Waals surface area contributed by atoms with Crippen LogP contribution in [0.1, 0.15) is 52.7 Å². The summed E-state index contributed by atoms with van der Waals surface area (Å²) in [6.45, 7) is 14.3.